The molecule has 0 heterocycles. The summed E-state index contributed by atoms with van der Waals surface area (Å²) in [5.74, 6) is -0.752. The van der Waals surface area contributed by atoms with Crippen molar-refractivity contribution in [3.63, 3.8) is 0 Å². The van der Waals surface area contributed by atoms with Crippen molar-refractivity contribution in [2.75, 3.05) is 6.61 Å². The fourth-order valence-electron chi connectivity index (χ4n) is 1.25. The minimum atomic E-state index is -0.752. The summed E-state index contributed by atoms with van der Waals surface area (Å²) in [6.07, 6.45) is 1.65. The molecule has 4 heteroatoms. The Labute approximate surface area is 100.0 Å². The van der Waals surface area contributed by atoms with Crippen LogP contribution in [0.3, 0.4) is 0 Å². The van der Waals surface area contributed by atoms with E-state index in [9.17, 15) is 4.79 Å². The first-order valence-electron chi connectivity index (χ1n) is 5.22. The second kappa shape index (κ2) is 7.25. The summed E-state index contributed by atoms with van der Waals surface area (Å²) in [5.41, 5.74) is 1.07. The molecule has 0 aromatic heterocycles. The lowest BCUT2D eigenvalue weighted by Crippen LogP contribution is -1.98. The smallest absolute Gasteiger partial charge is 0.303 e. The zero-order chi connectivity index (χ0) is 11.8. The minimum Gasteiger partial charge on any atom is -0.481 e. The van der Waals surface area contributed by atoms with Gasteiger partial charge in [-0.05, 0) is 30.5 Å². The standard InChI is InChI=1S/C12H15ClO3/c13-11-6-4-10(5-7-11)9-16-8-2-1-3-12(14)15/h4-7H,1-3,8-9H2,(H,14,15). The predicted octanol–water partition coefficient (Wildman–Crippen LogP) is 3.11. The van der Waals surface area contributed by atoms with E-state index in [0.29, 0.717) is 24.7 Å². The number of carbonyl (C=O) groups is 1. The van der Waals surface area contributed by atoms with Crippen molar-refractivity contribution in [2.45, 2.75) is 25.9 Å². The van der Waals surface area contributed by atoms with Crippen LogP contribution in [0, 0.1) is 0 Å². The van der Waals surface area contributed by atoms with Crippen LogP contribution in [0.1, 0.15) is 24.8 Å². The van der Waals surface area contributed by atoms with Crippen LogP contribution in [-0.4, -0.2) is 17.7 Å². The van der Waals surface area contributed by atoms with E-state index >= 15 is 0 Å². The van der Waals surface area contributed by atoms with Crippen molar-refractivity contribution in [2.24, 2.45) is 0 Å². The molecule has 0 spiro atoms. The summed E-state index contributed by atoms with van der Waals surface area (Å²) in [7, 11) is 0. The zero-order valence-corrected chi connectivity index (χ0v) is 9.74. The quantitative estimate of drug-likeness (QED) is 0.748. The van der Waals surface area contributed by atoms with Gasteiger partial charge in [-0.15, -0.1) is 0 Å². The number of carboxylic acids is 1. The Bertz CT molecular complexity index is 322. The van der Waals surface area contributed by atoms with Gasteiger partial charge >= 0.3 is 5.97 Å². The Morgan fingerprint density at radius 1 is 1.25 bits per heavy atom. The lowest BCUT2D eigenvalue weighted by atomic mass is 10.2. The Morgan fingerprint density at radius 3 is 2.56 bits per heavy atom. The fourth-order valence-corrected chi connectivity index (χ4v) is 1.38. The molecule has 1 rings (SSSR count). The Kier molecular flexibility index (Phi) is 5.90. The highest BCUT2D eigenvalue weighted by Gasteiger charge is 1.97. The molecule has 16 heavy (non-hydrogen) atoms. The maximum Gasteiger partial charge on any atom is 0.303 e. The van der Waals surface area contributed by atoms with Gasteiger partial charge in [-0.25, -0.2) is 0 Å². The van der Waals surface area contributed by atoms with Gasteiger partial charge in [-0.1, -0.05) is 23.7 Å². The highest BCUT2D eigenvalue weighted by molar-refractivity contribution is 6.30. The molecule has 0 aliphatic heterocycles. The number of benzene rings is 1. The van der Waals surface area contributed by atoms with Crippen molar-refractivity contribution in [3.8, 4) is 0 Å². The topological polar surface area (TPSA) is 46.5 Å². The summed E-state index contributed by atoms with van der Waals surface area (Å²) < 4.78 is 5.41. The molecule has 88 valence electrons. The molecular formula is C12H15ClO3. The first-order valence-corrected chi connectivity index (χ1v) is 5.60. The van der Waals surface area contributed by atoms with E-state index in [4.69, 9.17) is 21.4 Å². The van der Waals surface area contributed by atoms with Crippen molar-refractivity contribution >= 4 is 17.6 Å². The number of hydrogen-bond donors (Lipinski definition) is 1. The van der Waals surface area contributed by atoms with E-state index in [1.165, 1.54) is 0 Å². The van der Waals surface area contributed by atoms with Gasteiger partial charge in [0.2, 0.25) is 0 Å². The van der Waals surface area contributed by atoms with E-state index in [0.717, 1.165) is 12.0 Å². The van der Waals surface area contributed by atoms with Crippen LogP contribution < -0.4 is 0 Å². The predicted molar refractivity (Wildman–Crippen MR) is 62.6 cm³/mol. The van der Waals surface area contributed by atoms with Crippen LogP contribution in [0.2, 0.25) is 5.02 Å². The second-order valence-electron chi connectivity index (χ2n) is 3.53. The molecule has 0 bridgehead atoms. The minimum absolute atomic E-state index is 0.213. The number of carboxylic acid groups (broad SMARTS) is 1. The van der Waals surface area contributed by atoms with E-state index in [2.05, 4.69) is 0 Å². The summed E-state index contributed by atoms with van der Waals surface area (Å²) in [5, 5.41) is 9.13. The van der Waals surface area contributed by atoms with Gasteiger partial charge in [-0.3, -0.25) is 4.79 Å². The largest absolute Gasteiger partial charge is 0.481 e. The molecule has 0 unspecified atom stereocenters. The Morgan fingerprint density at radius 2 is 1.94 bits per heavy atom. The van der Waals surface area contributed by atoms with E-state index in [1.54, 1.807) is 0 Å². The number of hydrogen-bond acceptors (Lipinski definition) is 2. The zero-order valence-electron chi connectivity index (χ0n) is 8.99. The van der Waals surface area contributed by atoms with Crippen LogP contribution in [0.25, 0.3) is 0 Å². The van der Waals surface area contributed by atoms with E-state index in [-0.39, 0.29) is 6.42 Å². The molecule has 1 aromatic rings. The van der Waals surface area contributed by atoms with Crippen molar-refractivity contribution in [1.82, 2.24) is 0 Å². The third-order valence-corrected chi connectivity index (χ3v) is 2.36. The average molecular weight is 243 g/mol. The Hall–Kier alpha value is -1.06. The molecule has 0 amide bonds. The number of aliphatic carboxylic acids is 1. The SMILES string of the molecule is O=C(O)CCCCOCc1ccc(Cl)cc1. The summed E-state index contributed by atoms with van der Waals surface area (Å²) in [6.45, 7) is 1.14. The van der Waals surface area contributed by atoms with E-state index in [1.807, 2.05) is 24.3 Å². The third kappa shape index (κ3) is 5.73. The molecule has 0 aliphatic rings. The monoisotopic (exact) mass is 242 g/mol. The lowest BCUT2D eigenvalue weighted by Gasteiger charge is -2.03. The fraction of sp³-hybridized carbons (Fsp3) is 0.417. The van der Waals surface area contributed by atoms with Crippen LogP contribution in [0.5, 0.6) is 0 Å². The number of halogens is 1. The maximum absolute atomic E-state index is 10.2. The first-order chi connectivity index (χ1) is 7.68. The molecule has 0 saturated heterocycles. The second-order valence-corrected chi connectivity index (χ2v) is 3.97. The average Bonchev–Trinajstić information content (AvgIpc) is 2.25. The van der Waals surface area contributed by atoms with Gasteiger partial charge in [0, 0.05) is 18.1 Å². The maximum atomic E-state index is 10.2. The molecule has 0 fully saturated rings. The lowest BCUT2D eigenvalue weighted by molar-refractivity contribution is -0.137. The molecule has 1 N–H and O–H groups in total. The summed E-state index contributed by atoms with van der Waals surface area (Å²) >= 11 is 5.75. The molecule has 0 saturated carbocycles. The molecule has 0 radical (unpaired) electrons. The molecule has 0 aliphatic carbocycles. The summed E-state index contributed by atoms with van der Waals surface area (Å²) in [4.78, 5) is 10.2. The van der Waals surface area contributed by atoms with Crippen LogP contribution in [-0.2, 0) is 16.1 Å². The molecule has 0 atom stereocenters. The molecule has 3 nitrogen and oxygen atoms in total. The van der Waals surface area contributed by atoms with Gasteiger partial charge in [-0.2, -0.15) is 0 Å². The van der Waals surface area contributed by atoms with Gasteiger partial charge in [0.15, 0.2) is 0 Å². The van der Waals surface area contributed by atoms with Crippen molar-refractivity contribution in [1.29, 1.82) is 0 Å². The third-order valence-electron chi connectivity index (χ3n) is 2.11. The van der Waals surface area contributed by atoms with Crippen molar-refractivity contribution < 1.29 is 14.6 Å². The Balaban J connectivity index is 2.07. The van der Waals surface area contributed by atoms with E-state index < -0.39 is 5.97 Å². The first kappa shape index (κ1) is 13.0. The van der Waals surface area contributed by atoms with Gasteiger partial charge in [0.05, 0.1) is 6.61 Å². The highest BCUT2D eigenvalue weighted by Crippen LogP contribution is 2.10. The number of ether oxygens (including phenoxy) is 1. The van der Waals surface area contributed by atoms with Crippen molar-refractivity contribution in [3.05, 3.63) is 34.9 Å². The van der Waals surface area contributed by atoms with Gasteiger partial charge < -0.3 is 9.84 Å². The molecule has 1 aromatic carbocycles. The highest BCUT2D eigenvalue weighted by atomic mass is 35.5. The van der Waals surface area contributed by atoms with Crippen LogP contribution in [0.4, 0.5) is 0 Å². The normalized spacial score (nSPS) is 10.3. The molecular weight excluding hydrogens is 228 g/mol. The van der Waals surface area contributed by atoms with Gasteiger partial charge in [0.1, 0.15) is 0 Å². The van der Waals surface area contributed by atoms with Crippen LogP contribution >= 0.6 is 11.6 Å². The van der Waals surface area contributed by atoms with Crippen LogP contribution in [0.15, 0.2) is 24.3 Å². The summed E-state index contributed by atoms with van der Waals surface area (Å²) in [6, 6.07) is 7.48. The number of rotatable bonds is 7. The van der Waals surface area contributed by atoms with Gasteiger partial charge in [0.25, 0.3) is 0 Å². The number of unbranched alkanes of at least 4 members (excludes halogenated alkanes) is 1.